The van der Waals surface area contributed by atoms with Crippen LogP contribution in [0.2, 0.25) is 0 Å². The number of hydrogen-bond acceptors (Lipinski definition) is 5. The Labute approximate surface area is 173 Å². The highest BCUT2D eigenvalue weighted by Crippen LogP contribution is 2.52. The molecule has 154 valence electrons. The van der Waals surface area contributed by atoms with Crippen molar-refractivity contribution in [3.05, 3.63) is 47.0 Å². The molecule has 1 aromatic carbocycles. The van der Waals surface area contributed by atoms with Crippen molar-refractivity contribution in [1.82, 2.24) is 4.90 Å². The normalized spacial score (nSPS) is 26.0. The average molecular weight is 411 g/mol. The molecule has 0 aromatic heterocycles. The highest BCUT2D eigenvalue weighted by molar-refractivity contribution is 6.01. The zero-order valence-electron chi connectivity index (χ0n) is 16.4. The van der Waals surface area contributed by atoms with Crippen LogP contribution in [0.25, 0.3) is 0 Å². The van der Waals surface area contributed by atoms with Gasteiger partial charge in [-0.05, 0) is 30.2 Å². The zero-order chi connectivity index (χ0) is 22.1. The quantitative estimate of drug-likeness (QED) is 0.751. The number of fused-ring (bicyclic) bond motifs is 1. The number of nitrogens with one attached hydrogen (secondary N) is 1. The van der Waals surface area contributed by atoms with Crippen LogP contribution in [0.3, 0.4) is 0 Å². The van der Waals surface area contributed by atoms with Gasteiger partial charge in [0.15, 0.2) is 0 Å². The lowest BCUT2D eigenvalue weighted by Crippen LogP contribution is -2.52. The van der Waals surface area contributed by atoms with Gasteiger partial charge in [0.25, 0.3) is 0 Å². The maximum atomic E-state index is 13.3. The molecule has 3 rings (SSSR count). The highest BCUT2D eigenvalue weighted by atomic mass is 19.4. The Balaban J connectivity index is 2.20. The number of alkyl halides is 3. The van der Waals surface area contributed by atoms with Gasteiger partial charge in [-0.15, -0.1) is 0 Å². The summed E-state index contributed by atoms with van der Waals surface area (Å²) in [6.45, 7) is 3.66. The van der Waals surface area contributed by atoms with Crippen molar-refractivity contribution in [1.29, 1.82) is 21.2 Å². The lowest BCUT2D eigenvalue weighted by Gasteiger charge is -2.47. The minimum absolute atomic E-state index is 0.292. The summed E-state index contributed by atoms with van der Waals surface area (Å²) >= 11 is 0. The van der Waals surface area contributed by atoms with Gasteiger partial charge < -0.3 is 5.41 Å². The zero-order valence-corrected chi connectivity index (χ0v) is 16.4. The molecule has 30 heavy (non-hydrogen) atoms. The lowest BCUT2D eigenvalue weighted by atomic mass is 9.55. The summed E-state index contributed by atoms with van der Waals surface area (Å²) in [7, 11) is 0. The maximum absolute atomic E-state index is 13.3. The first kappa shape index (κ1) is 21.6. The third-order valence-electron chi connectivity index (χ3n) is 5.98. The largest absolute Gasteiger partial charge is 0.416 e. The lowest BCUT2D eigenvalue weighted by molar-refractivity contribution is -0.137. The van der Waals surface area contributed by atoms with Gasteiger partial charge in [-0.1, -0.05) is 31.2 Å². The van der Waals surface area contributed by atoms with E-state index >= 15 is 0 Å². The number of nitrogens with zero attached hydrogens (tertiary/aromatic N) is 4. The summed E-state index contributed by atoms with van der Waals surface area (Å²) in [5.41, 5.74) is -2.32. The van der Waals surface area contributed by atoms with Crippen molar-refractivity contribution < 1.29 is 13.2 Å². The van der Waals surface area contributed by atoms with Crippen LogP contribution in [-0.4, -0.2) is 30.2 Å². The van der Waals surface area contributed by atoms with E-state index < -0.39 is 34.9 Å². The van der Waals surface area contributed by atoms with Gasteiger partial charge in [0.1, 0.15) is 0 Å². The van der Waals surface area contributed by atoms with E-state index in [1.165, 1.54) is 12.1 Å². The number of halogens is 3. The van der Waals surface area contributed by atoms with Crippen LogP contribution in [0.1, 0.15) is 30.4 Å². The molecule has 2 aliphatic rings. The van der Waals surface area contributed by atoms with E-state index in [1.807, 2.05) is 25.1 Å². The van der Waals surface area contributed by atoms with Crippen molar-refractivity contribution in [3.63, 3.8) is 0 Å². The fourth-order valence-electron chi connectivity index (χ4n) is 4.63. The monoisotopic (exact) mass is 411 g/mol. The van der Waals surface area contributed by atoms with Gasteiger partial charge in [0, 0.05) is 24.9 Å². The van der Waals surface area contributed by atoms with E-state index in [-0.39, 0.29) is 5.71 Å². The topological polar surface area (TPSA) is 98.5 Å². The molecule has 1 saturated carbocycles. The highest BCUT2D eigenvalue weighted by Gasteiger charge is 2.56. The van der Waals surface area contributed by atoms with E-state index in [4.69, 9.17) is 5.41 Å². The molecule has 3 atom stereocenters. The summed E-state index contributed by atoms with van der Waals surface area (Å²) in [6.07, 6.45) is -1.93. The smallest absolute Gasteiger partial charge is 0.305 e. The first-order valence-corrected chi connectivity index (χ1v) is 9.64. The van der Waals surface area contributed by atoms with Crippen LogP contribution in [-0.2, 0) is 6.18 Å². The molecule has 1 aliphatic carbocycles. The molecule has 1 aliphatic heterocycles. The molecule has 1 aromatic rings. The Hall–Kier alpha value is -3.15. The second-order valence-electron chi connectivity index (χ2n) is 7.67. The Kier molecular flexibility index (Phi) is 5.70. The average Bonchev–Trinajstić information content (AvgIpc) is 2.73. The summed E-state index contributed by atoms with van der Waals surface area (Å²) in [6, 6.07) is 10.7. The fourth-order valence-corrected chi connectivity index (χ4v) is 4.63. The molecular weight excluding hydrogens is 391 g/mol. The summed E-state index contributed by atoms with van der Waals surface area (Å²) in [5.74, 6) is -2.42. The van der Waals surface area contributed by atoms with Crippen molar-refractivity contribution in [2.24, 2.45) is 17.3 Å². The van der Waals surface area contributed by atoms with Crippen molar-refractivity contribution in [2.45, 2.75) is 25.4 Å². The van der Waals surface area contributed by atoms with Crippen LogP contribution >= 0.6 is 0 Å². The van der Waals surface area contributed by atoms with E-state index in [1.54, 1.807) is 6.08 Å². The molecule has 0 spiro atoms. The van der Waals surface area contributed by atoms with E-state index in [0.717, 1.165) is 25.1 Å². The van der Waals surface area contributed by atoms with Gasteiger partial charge in [-0.25, -0.2) is 0 Å². The van der Waals surface area contributed by atoms with E-state index in [9.17, 15) is 29.0 Å². The Morgan fingerprint density at radius 2 is 1.93 bits per heavy atom. The molecule has 0 amide bonds. The third-order valence-corrected chi connectivity index (χ3v) is 5.98. The molecule has 0 bridgehead atoms. The van der Waals surface area contributed by atoms with Crippen LogP contribution in [0, 0.1) is 56.7 Å². The number of nitriles is 3. The van der Waals surface area contributed by atoms with Gasteiger partial charge in [0.05, 0.1) is 35.4 Å². The maximum Gasteiger partial charge on any atom is 0.416 e. The molecule has 1 heterocycles. The third kappa shape index (κ3) is 3.36. The summed E-state index contributed by atoms with van der Waals surface area (Å²) < 4.78 is 39.9. The Bertz CT molecular complexity index is 991. The Morgan fingerprint density at radius 1 is 1.23 bits per heavy atom. The molecule has 0 radical (unpaired) electrons. The Morgan fingerprint density at radius 3 is 2.50 bits per heavy atom. The van der Waals surface area contributed by atoms with Gasteiger partial charge in [0.2, 0.25) is 5.41 Å². The molecule has 5 nitrogen and oxygen atoms in total. The molecule has 8 heteroatoms. The van der Waals surface area contributed by atoms with Crippen LogP contribution in [0.5, 0.6) is 0 Å². The summed E-state index contributed by atoms with van der Waals surface area (Å²) in [5, 5.41) is 38.0. The van der Waals surface area contributed by atoms with Gasteiger partial charge in [-0.3, -0.25) is 4.90 Å². The molecule has 0 unspecified atom stereocenters. The first-order chi connectivity index (χ1) is 14.2. The van der Waals surface area contributed by atoms with Crippen molar-refractivity contribution >= 4 is 5.71 Å². The van der Waals surface area contributed by atoms with Crippen LogP contribution in [0.15, 0.2) is 35.9 Å². The minimum atomic E-state index is -4.54. The predicted molar refractivity (Wildman–Crippen MR) is 103 cm³/mol. The number of hydrogen-bond donors (Lipinski definition) is 1. The molecular formula is C22H20F3N5. The first-order valence-electron chi connectivity index (χ1n) is 9.64. The number of rotatable bonds is 3. The van der Waals surface area contributed by atoms with Crippen molar-refractivity contribution in [3.8, 4) is 18.2 Å². The molecule has 1 fully saturated rings. The standard InChI is InChI=1S/C22H20F3N5/c1-2-7-30-8-6-18-17(11-30)19(14-4-3-5-15(9-14)22(23,24)25)16(10-26)20(29)21(18,12-27)13-28/h3-6,9,16-17,19,29H,2,7-8,11H2,1H3/t16-,17-,19-/m1/s1. The van der Waals surface area contributed by atoms with Gasteiger partial charge >= 0.3 is 6.18 Å². The predicted octanol–water partition coefficient (Wildman–Crippen LogP) is 4.26. The van der Waals surface area contributed by atoms with E-state index in [0.29, 0.717) is 24.2 Å². The fraction of sp³-hybridized carbons (Fsp3) is 0.455. The number of benzene rings is 1. The molecule has 0 saturated heterocycles. The SMILES string of the molecule is CCCN1CC=C2[C@@H](C1)[C@H](c1cccc(C(F)(F)F)c1)[C@@H](C#N)C(=N)C2(C#N)C#N. The molecule has 1 N–H and O–H groups in total. The second-order valence-corrected chi connectivity index (χ2v) is 7.67. The second kappa shape index (κ2) is 7.94. The van der Waals surface area contributed by atoms with Crippen molar-refractivity contribution in [2.75, 3.05) is 19.6 Å². The summed E-state index contributed by atoms with van der Waals surface area (Å²) in [4.78, 5) is 2.09. The van der Waals surface area contributed by atoms with Gasteiger partial charge in [-0.2, -0.15) is 29.0 Å². The van der Waals surface area contributed by atoms with Crippen LogP contribution < -0.4 is 0 Å². The van der Waals surface area contributed by atoms with Crippen LogP contribution in [0.4, 0.5) is 13.2 Å². The minimum Gasteiger partial charge on any atom is -0.305 e. The van der Waals surface area contributed by atoms with E-state index in [2.05, 4.69) is 4.90 Å².